The monoisotopic (exact) mass is 333 g/mol. The van der Waals surface area contributed by atoms with Gasteiger partial charge in [-0.05, 0) is 48.9 Å². The van der Waals surface area contributed by atoms with Crippen LogP contribution in [0.4, 0.5) is 4.39 Å². The fraction of sp³-hybridized carbons (Fsp3) is 0.278. The zero-order valence-corrected chi connectivity index (χ0v) is 13.5. The topological polar surface area (TPSA) is 29.5 Å². The van der Waals surface area contributed by atoms with E-state index in [-0.39, 0.29) is 23.9 Å². The molecule has 0 radical (unpaired) electrons. The SMILES string of the molecule is CC1CN(C(=O)c2ccc(Cl)cc2)CC(c2ccc(F)cc2)O1. The standard InChI is InChI=1S/C18H17ClFNO2/c1-12-10-21(18(22)14-2-6-15(19)7-3-14)11-17(23-12)13-4-8-16(20)9-5-13/h2-9,12,17H,10-11H2,1H3. The van der Waals surface area contributed by atoms with Gasteiger partial charge in [0.05, 0.1) is 12.6 Å². The molecule has 23 heavy (non-hydrogen) atoms. The van der Waals surface area contributed by atoms with Crippen LogP contribution in [0.25, 0.3) is 0 Å². The third-order valence-corrected chi connectivity index (χ3v) is 4.13. The van der Waals surface area contributed by atoms with Crippen molar-refractivity contribution in [1.82, 2.24) is 4.90 Å². The molecular formula is C18H17ClFNO2. The molecule has 1 aliphatic heterocycles. The first-order valence-corrected chi connectivity index (χ1v) is 7.86. The Bertz CT molecular complexity index is 687. The highest BCUT2D eigenvalue weighted by molar-refractivity contribution is 6.30. The summed E-state index contributed by atoms with van der Waals surface area (Å²) in [5.74, 6) is -0.337. The Morgan fingerprint density at radius 3 is 2.43 bits per heavy atom. The van der Waals surface area contributed by atoms with E-state index in [0.717, 1.165) is 5.56 Å². The van der Waals surface area contributed by atoms with Crippen LogP contribution in [0, 0.1) is 5.82 Å². The summed E-state index contributed by atoms with van der Waals surface area (Å²) in [5, 5.41) is 0.598. The van der Waals surface area contributed by atoms with Gasteiger partial charge in [-0.2, -0.15) is 0 Å². The van der Waals surface area contributed by atoms with Crippen molar-refractivity contribution in [3.8, 4) is 0 Å². The fourth-order valence-corrected chi connectivity index (χ4v) is 2.88. The second-order valence-electron chi connectivity index (χ2n) is 5.70. The van der Waals surface area contributed by atoms with Crippen LogP contribution in [-0.2, 0) is 4.74 Å². The molecule has 1 aliphatic rings. The van der Waals surface area contributed by atoms with E-state index in [1.54, 1.807) is 41.3 Å². The Morgan fingerprint density at radius 2 is 1.78 bits per heavy atom. The summed E-state index contributed by atoms with van der Waals surface area (Å²) in [6.45, 7) is 2.90. The Morgan fingerprint density at radius 1 is 1.13 bits per heavy atom. The summed E-state index contributed by atoms with van der Waals surface area (Å²) < 4.78 is 19.0. The molecule has 3 nitrogen and oxygen atoms in total. The van der Waals surface area contributed by atoms with Gasteiger partial charge in [-0.15, -0.1) is 0 Å². The minimum Gasteiger partial charge on any atom is -0.367 e. The van der Waals surface area contributed by atoms with E-state index in [4.69, 9.17) is 16.3 Å². The first kappa shape index (κ1) is 16.0. The number of morpholine rings is 1. The van der Waals surface area contributed by atoms with Crippen molar-refractivity contribution in [2.24, 2.45) is 0 Å². The number of benzene rings is 2. The molecule has 1 amide bonds. The maximum Gasteiger partial charge on any atom is 0.254 e. The first-order valence-electron chi connectivity index (χ1n) is 7.48. The predicted molar refractivity (Wildman–Crippen MR) is 87.0 cm³/mol. The lowest BCUT2D eigenvalue weighted by atomic mass is 10.1. The Labute approximate surface area is 139 Å². The van der Waals surface area contributed by atoms with Crippen molar-refractivity contribution in [3.63, 3.8) is 0 Å². The summed E-state index contributed by atoms with van der Waals surface area (Å²) in [7, 11) is 0. The van der Waals surface area contributed by atoms with Gasteiger partial charge in [0.2, 0.25) is 0 Å². The van der Waals surface area contributed by atoms with Crippen molar-refractivity contribution in [1.29, 1.82) is 0 Å². The van der Waals surface area contributed by atoms with Crippen LogP contribution >= 0.6 is 11.6 Å². The molecule has 1 heterocycles. The van der Waals surface area contributed by atoms with Crippen LogP contribution in [0.2, 0.25) is 5.02 Å². The molecular weight excluding hydrogens is 317 g/mol. The summed E-state index contributed by atoms with van der Waals surface area (Å²) in [6.07, 6.45) is -0.342. The number of halogens is 2. The lowest BCUT2D eigenvalue weighted by molar-refractivity contribution is -0.0691. The van der Waals surface area contributed by atoms with Gasteiger partial charge in [0, 0.05) is 17.1 Å². The molecule has 5 heteroatoms. The fourth-order valence-electron chi connectivity index (χ4n) is 2.75. The summed E-state index contributed by atoms with van der Waals surface area (Å²) in [6, 6.07) is 13.1. The number of carbonyl (C=O) groups is 1. The Balaban J connectivity index is 1.78. The minimum absolute atomic E-state index is 0.0519. The molecule has 2 atom stereocenters. The number of amides is 1. The van der Waals surface area contributed by atoms with Crippen molar-refractivity contribution in [2.75, 3.05) is 13.1 Å². The van der Waals surface area contributed by atoms with E-state index < -0.39 is 0 Å². The second kappa shape index (κ2) is 6.69. The van der Waals surface area contributed by atoms with Gasteiger partial charge in [-0.1, -0.05) is 23.7 Å². The van der Waals surface area contributed by atoms with E-state index in [1.165, 1.54) is 12.1 Å². The molecule has 1 saturated heterocycles. The molecule has 0 bridgehead atoms. The zero-order valence-electron chi connectivity index (χ0n) is 12.7. The Hall–Kier alpha value is -1.91. The van der Waals surface area contributed by atoms with Crippen LogP contribution in [0.1, 0.15) is 28.9 Å². The van der Waals surface area contributed by atoms with Crippen LogP contribution in [0.5, 0.6) is 0 Å². The second-order valence-corrected chi connectivity index (χ2v) is 6.14. The maximum absolute atomic E-state index is 13.1. The Kier molecular flexibility index (Phi) is 4.64. The van der Waals surface area contributed by atoms with E-state index in [2.05, 4.69) is 0 Å². The maximum atomic E-state index is 13.1. The minimum atomic E-state index is -0.285. The van der Waals surface area contributed by atoms with Crippen molar-refractivity contribution in [2.45, 2.75) is 19.1 Å². The lowest BCUT2D eigenvalue weighted by Crippen LogP contribution is -2.45. The highest BCUT2D eigenvalue weighted by Gasteiger charge is 2.29. The molecule has 2 unspecified atom stereocenters. The zero-order chi connectivity index (χ0) is 16.4. The van der Waals surface area contributed by atoms with Gasteiger partial charge in [0.15, 0.2) is 0 Å². The number of hydrogen-bond acceptors (Lipinski definition) is 2. The van der Waals surface area contributed by atoms with Gasteiger partial charge in [-0.25, -0.2) is 4.39 Å². The van der Waals surface area contributed by atoms with E-state index >= 15 is 0 Å². The van der Waals surface area contributed by atoms with Gasteiger partial charge in [0.25, 0.3) is 5.91 Å². The molecule has 3 rings (SSSR count). The third kappa shape index (κ3) is 3.71. The van der Waals surface area contributed by atoms with Gasteiger partial charge < -0.3 is 9.64 Å². The largest absolute Gasteiger partial charge is 0.367 e. The van der Waals surface area contributed by atoms with Crippen LogP contribution < -0.4 is 0 Å². The van der Waals surface area contributed by atoms with E-state index in [9.17, 15) is 9.18 Å². The number of carbonyl (C=O) groups excluding carboxylic acids is 1. The molecule has 0 saturated carbocycles. The van der Waals surface area contributed by atoms with Crippen LogP contribution in [0.15, 0.2) is 48.5 Å². The van der Waals surface area contributed by atoms with E-state index in [0.29, 0.717) is 23.7 Å². The average molecular weight is 334 g/mol. The van der Waals surface area contributed by atoms with Crippen molar-refractivity contribution >= 4 is 17.5 Å². The summed E-state index contributed by atoms with van der Waals surface area (Å²) in [4.78, 5) is 14.4. The number of rotatable bonds is 2. The molecule has 1 fully saturated rings. The number of hydrogen-bond donors (Lipinski definition) is 0. The van der Waals surface area contributed by atoms with Crippen molar-refractivity contribution < 1.29 is 13.9 Å². The van der Waals surface area contributed by atoms with Gasteiger partial charge in [0.1, 0.15) is 11.9 Å². The molecule has 0 aromatic heterocycles. The quantitative estimate of drug-likeness (QED) is 0.828. The highest BCUT2D eigenvalue weighted by atomic mass is 35.5. The molecule has 2 aromatic carbocycles. The molecule has 0 spiro atoms. The molecule has 120 valence electrons. The third-order valence-electron chi connectivity index (χ3n) is 3.88. The van der Waals surface area contributed by atoms with Crippen LogP contribution in [-0.4, -0.2) is 30.0 Å². The highest BCUT2D eigenvalue weighted by Crippen LogP contribution is 2.26. The lowest BCUT2D eigenvalue weighted by Gasteiger charge is -2.37. The summed E-state index contributed by atoms with van der Waals surface area (Å²) in [5.41, 5.74) is 1.47. The van der Waals surface area contributed by atoms with Crippen LogP contribution in [0.3, 0.4) is 0 Å². The smallest absolute Gasteiger partial charge is 0.254 e. The number of nitrogens with zero attached hydrogens (tertiary/aromatic N) is 1. The molecule has 0 aliphatic carbocycles. The van der Waals surface area contributed by atoms with E-state index in [1.807, 2.05) is 6.92 Å². The summed E-state index contributed by atoms with van der Waals surface area (Å²) >= 11 is 5.87. The normalized spacial score (nSPS) is 21.3. The first-order chi connectivity index (χ1) is 11.0. The predicted octanol–water partition coefficient (Wildman–Crippen LogP) is 4.08. The number of ether oxygens (including phenoxy) is 1. The molecule has 0 N–H and O–H groups in total. The average Bonchev–Trinajstić information content (AvgIpc) is 2.55. The van der Waals surface area contributed by atoms with Crippen molar-refractivity contribution in [3.05, 3.63) is 70.5 Å². The van der Waals surface area contributed by atoms with Gasteiger partial charge in [-0.3, -0.25) is 4.79 Å². The van der Waals surface area contributed by atoms with Gasteiger partial charge >= 0.3 is 0 Å². The molecule has 2 aromatic rings.